The fraction of sp³-hybridized carbons (Fsp3) is 0.294. The van der Waals surface area contributed by atoms with Crippen molar-refractivity contribution in [2.45, 2.75) is 20.0 Å². The summed E-state index contributed by atoms with van der Waals surface area (Å²) in [6.07, 6.45) is 0. The maximum Gasteiger partial charge on any atom is 0.129 e. The second-order valence-corrected chi connectivity index (χ2v) is 5.11. The van der Waals surface area contributed by atoms with E-state index in [0.717, 1.165) is 12.2 Å². The Morgan fingerprint density at radius 3 is 2.45 bits per heavy atom. The van der Waals surface area contributed by atoms with Crippen molar-refractivity contribution in [3.05, 3.63) is 65.0 Å². The Morgan fingerprint density at radius 2 is 1.80 bits per heavy atom. The molecule has 0 bridgehead atoms. The Hall–Kier alpha value is -1.87. The van der Waals surface area contributed by atoms with Crippen molar-refractivity contribution in [1.29, 1.82) is 0 Å². The summed E-state index contributed by atoms with van der Waals surface area (Å²) in [6, 6.07) is 13.7. The van der Waals surface area contributed by atoms with Crippen molar-refractivity contribution >= 4 is 5.69 Å². The van der Waals surface area contributed by atoms with E-state index in [4.69, 9.17) is 0 Å². The molecule has 2 aromatic rings. The molecular weight excluding hydrogens is 251 g/mol. The van der Waals surface area contributed by atoms with Gasteiger partial charge in [0.05, 0.1) is 0 Å². The van der Waals surface area contributed by atoms with Crippen molar-refractivity contribution in [3.8, 4) is 0 Å². The number of aryl methyl sites for hydroxylation is 1. The van der Waals surface area contributed by atoms with Gasteiger partial charge in [-0.05, 0) is 31.7 Å². The molecule has 0 unspecified atom stereocenters. The van der Waals surface area contributed by atoms with Crippen LogP contribution in [0.1, 0.15) is 16.7 Å². The molecule has 2 nitrogen and oxygen atoms in total. The average molecular weight is 272 g/mol. The number of hydrogen-bond donors (Lipinski definition) is 1. The lowest BCUT2D eigenvalue weighted by Crippen LogP contribution is -2.20. The van der Waals surface area contributed by atoms with Crippen LogP contribution in [0.2, 0.25) is 0 Å². The predicted molar refractivity (Wildman–Crippen MR) is 82.4 cm³/mol. The van der Waals surface area contributed by atoms with Crippen LogP contribution < -0.4 is 10.2 Å². The summed E-state index contributed by atoms with van der Waals surface area (Å²) in [5, 5.41) is 3.02. The molecule has 0 saturated heterocycles. The summed E-state index contributed by atoms with van der Waals surface area (Å²) in [5.41, 5.74) is 4.11. The fourth-order valence-corrected chi connectivity index (χ4v) is 2.31. The quantitative estimate of drug-likeness (QED) is 0.896. The van der Waals surface area contributed by atoms with Crippen LogP contribution in [-0.4, -0.2) is 14.1 Å². The van der Waals surface area contributed by atoms with Gasteiger partial charge in [0.25, 0.3) is 0 Å². The summed E-state index contributed by atoms with van der Waals surface area (Å²) in [4.78, 5) is 2.08. The third-order valence-corrected chi connectivity index (χ3v) is 3.40. The van der Waals surface area contributed by atoms with Gasteiger partial charge in [-0.2, -0.15) is 0 Å². The van der Waals surface area contributed by atoms with Gasteiger partial charge in [-0.15, -0.1) is 0 Å². The predicted octanol–water partition coefficient (Wildman–Crippen LogP) is 3.49. The van der Waals surface area contributed by atoms with Gasteiger partial charge in [0.15, 0.2) is 0 Å². The first kappa shape index (κ1) is 14.5. The van der Waals surface area contributed by atoms with Crippen LogP contribution in [0.15, 0.2) is 42.5 Å². The second kappa shape index (κ2) is 6.53. The number of halogens is 1. The van der Waals surface area contributed by atoms with E-state index in [0.29, 0.717) is 12.1 Å². The van der Waals surface area contributed by atoms with E-state index in [-0.39, 0.29) is 5.82 Å². The summed E-state index contributed by atoms with van der Waals surface area (Å²) in [7, 11) is 3.82. The summed E-state index contributed by atoms with van der Waals surface area (Å²) >= 11 is 0. The van der Waals surface area contributed by atoms with Gasteiger partial charge in [0.1, 0.15) is 5.82 Å². The molecular formula is C17H21FN2. The number of anilines is 1. The van der Waals surface area contributed by atoms with Crippen LogP contribution >= 0.6 is 0 Å². The first-order valence-corrected chi connectivity index (χ1v) is 6.80. The molecule has 2 rings (SSSR count). The molecule has 0 radical (unpaired) electrons. The van der Waals surface area contributed by atoms with Gasteiger partial charge < -0.3 is 10.2 Å². The standard InChI is InChI=1S/C17H21FN2/c1-13-7-9-14(10-8-13)12-20(3)17-6-4-5-16(18)15(17)11-19-2/h4-10,19H,11-12H2,1-3H3. The molecule has 0 heterocycles. The van der Waals surface area contributed by atoms with Crippen LogP contribution in [0.25, 0.3) is 0 Å². The summed E-state index contributed by atoms with van der Waals surface area (Å²) in [6.45, 7) is 3.37. The van der Waals surface area contributed by atoms with Gasteiger partial charge in [0.2, 0.25) is 0 Å². The first-order chi connectivity index (χ1) is 9.61. The summed E-state index contributed by atoms with van der Waals surface area (Å²) < 4.78 is 13.9. The maximum absolute atomic E-state index is 13.9. The maximum atomic E-state index is 13.9. The third-order valence-electron chi connectivity index (χ3n) is 3.40. The van der Waals surface area contributed by atoms with Crippen LogP contribution in [0.3, 0.4) is 0 Å². The highest BCUT2D eigenvalue weighted by Gasteiger charge is 2.11. The van der Waals surface area contributed by atoms with Crippen molar-refractivity contribution in [3.63, 3.8) is 0 Å². The Kier molecular flexibility index (Phi) is 4.74. The molecule has 20 heavy (non-hydrogen) atoms. The SMILES string of the molecule is CNCc1c(F)cccc1N(C)Cc1ccc(C)cc1. The zero-order chi connectivity index (χ0) is 14.5. The second-order valence-electron chi connectivity index (χ2n) is 5.11. The summed E-state index contributed by atoms with van der Waals surface area (Å²) in [5.74, 6) is -0.160. The van der Waals surface area contributed by atoms with E-state index < -0.39 is 0 Å². The van der Waals surface area contributed by atoms with E-state index in [1.54, 1.807) is 6.07 Å². The molecule has 0 spiro atoms. The first-order valence-electron chi connectivity index (χ1n) is 6.80. The highest BCUT2D eigenvalue weighted by Crippen LogP contribution is 2.23. The molecule has 1 N–H and O–H groups in total. The minimum absolute atomic E-state index is 0.160. The zero-order valence-electron chi connectivity index (χ0n) is 12.3. The Balaban J connectivity index is 2.22. The van der Waals surface area contributed by atoms with Crippen molar-refractivity contribution < 1.29 is 4.39 Å². The van der Waals surface area contributed by atoms with E-state index in [2.05, 4.69) is 41.4 Å². The Bertz CT molecular complexity index is 564. The molecule has 0 amide bonds. The number of rotatable bonds is 5. The number of nitrogens with one attached hydrogen (secondary N) is 1. The Morgan fingerprint density at radius 1 is 1.10 bits per heavy atom. The average Bonchev–Trinajstić information content (AvgIpc) is 2.43. The smallest absolute Gasteiger partial charge is 0.129 e. The highest BCUT2D eigenvalue weighted by molar-refractivity contribution is 5.54. The van der Waals surface area contributed by atoms with Crippen LogP contribution in [0, 0.1) is 12.7 Å². The number of nitrogens with zero attached hydrogens (tertiary/aromatic N) is 1. The fourth-order valence-electron chi connectivity index (χ4n) is 2.31. The molecule has 0 atom stereocenters. The largest absolute Gasteiger partial charge is 0.370 e. The zero-order valence-corrected chi connectivity index (χ0v) is 12.3. The monoisotopic (exact) mass is 272 g/mol. The van der Waals surface area contributed by atoms with Crippen LogP contribution in [0.4, 0.5) is 10.1 Å². The number of benzene rings is 2. The van der Waals surface area contributed by atoms with Crippen LogP contribution in [-0.2, 0) is 13.1 Å². The van der Waals surface area contributed by atoms with Gasteiger partial charge in [-0.3, -0.25) is 0 Å². The normalized spacial score (nSPS) is 10.6. The highest BCUT2D eigenvalue weighted by atomic mass is 19.1. The van der Waals surface area contributed by atoms with Gasteiger partial charge in [-0.25, -0.2) is 4.39 Å². The molecule has 0 aliphatic carbocycles. The molecule has 0 aliphatic rings. The van der Waals surface area contributed by atoms with Gasteiger partial charge in [0, 0.05) is 31.4 Å². The lowest BCUT2D eigenvalue weighted by atomic mass is 10.1. The van der Waals surface area contributed by atoms with Crippen molar-refractivity contribution in [1.82, 2.24) is 5.32 Å². The lowest BCUT2D eigenvalue weighted by Gasteiger charge is -2.23. The third kappa shape index (κ3) is 3.36. The molecule has 2 aromatic carbocycles. The van der Waals surface area contributed by atoms with Crippen LogP contribution in [0.5, 0.6) is 0 Å². The van der Waals surface area contributed by atoms with Crippen molar-refractivity contribution in [2.24, 2.45) is 0 Å². The van der Waals surface area contributed by atoms with E-state index in [9.17, 15) is 4.39 Å². The topological polar surface area (TPSA) is 15.3 Å². The molecule has 0 saturated carbocycles. The molecule has 0 aromatic heterocycles. The van der Waals surface area contributed by atoms with E-state index >= 15 is 0 Å². The van der Waals surface area contributed by atoms with Crippen molar-refractivity contribution in [2.75, 3.05) is 19.0 Å². The lowest BCUT2D eigenvalue weighted by molar-refractivity contribution is 0.599. The van der Waals surface area contributed by atoms with Gasteiger partial charge in [-0.1, -0.05) is 35.9 Å². The van der Waals surface area contributed by atoms with Gasteiger partial charge >= 0.3 is 0 Å². The molecule has 106 valence electrons. The minimum atomic E-state index is -0.160. The molecule has 3 heteroatoms. The van der Waals surface area contributed by atoms with E-state index in [1.165, 1.54) is 17.2 Å². The molecule has 0 fully saturated rings. The molecule has 0 aliphatic heterocycles. The Labute approximate surface area is 120 Å². The number of hydrogen-bond acceptors (Lipinski definition) is 2. The van der Waals surface area contributed by atoms with E-state index in [1.807, 2.05) is 20.2 Å². The minimum Gasteiger partial charge on any atom is -0.370 e.